The van der Waals surface area contributed by atoms with Crippen molar-refractivity contribution in [2.24, 2.45) is 0 Å². The van der Waals surface area contributed by atoms with Gasteiger partial charge in [0.25, 0.3) is 0 Å². The number of rotatable bonds is 6. The predicted octanol–water partition coefficient (Wildman–Crippen LogP) is 4.28. The van der Waals surface area contributed by atoms with Crippen LogP contribution in [-0.2, 0) is 6.42 Å². The predicted molar refractivity (Wildman–Crippen MR) is 88.9 cm³/mol. The molecule has 4 heteroatoms. The van der Waals surface area contributed by atoms with Gasteiger partial charge in [0.1, 0.15) is 5.76 Å². The number of oxazole rings is 1. The lowest BCUT2D eigenvalue weighted by Crippen LogP contribution is -2.03. The first-order valence-electron chi connectivity index (χ1n) is 7.55. The Morgan fingerprint density at radius 1 is 0.957 bits per heavy atom. The topological polar surface area (TPSA) is 44.5 Å². The van der Waals surface area contributed by atoms with E-state index < -0.39 is 0 Å². The molecule has 1 aromatic heterocycles. The summed E-state index contributed by atoms with van der Waals surface area (Å²) in [5.41, 5.74) is 1.89. The molecule has 0 unspecified atom stereocenters. The van der Waals surface area contributed by atoms with Gasteiger partial charge in [-0.25, -0.2) is 4.98 Å². The smallest absolute Gasteiger partial charge is 0.226 e. The van der Waals surface area contributed by atoms with Crippen LogP contribution >= 0.6 is 0 Å². The maximum absolute atomic E-state index is 5.80. The molecule has 1 heterocycles. The van der Waals surface area contributed by atoms with Gasteiger partial charge >= 0.3 is 0 Å². The molecule has 0 aliphatic heterocycles. The Morgan fingerprint density at radius 3 is 2.39 bits per heavy atom. The van der Waals surface area contributed by atoms with Gasteiger partial charge in [0.2, 0.25) is 5.89 Å². The molecule has 2 aromatic carbocycles. The summed E-state index contributed by atoms with van der Waals surface area (Å²) in [7, 11) is 1.64. The number of methoxy groups -OCH3 is 1. The van der Waals surface area contributed by atoms with Crippen LogP contribution in [0, 0.1) is 6.92 Å². The van der Waals surface area contributed by atoms with Crippen LogP contribution in [0.4, 0.5) is 0 Å². The standard InChI is InChI=1S/C19H19NO3/c1-14-16(20-19(23-14)15-8-4-3-5-9-15)12-13-22-18-11-7-6-10-17(18)21-2/h3-11H,12-13H2,1-2H3. The number of hydrogen-bond donors (Lipinski definition) is 0. The Labute approximate surface area is 135 Å². The lowest BCUT2D eigenvalue weighted by Gasteiger charge is -2.09. The summed E-state index contributed by atoms with van der Waals surface area (Å²) in [5, 5.41) is 0. The van der Waals surface area contributed by atoms with Crippen molar-refractivity contribution in [3.05, 3.63) is 66.1 Å². The van der Waals surface area contributed by atoms with Crippen molar-refractivity contribution in [1.82, 2.24) is 4.98 Å². The second-order valence-corrected chi connectivity index (χ2v) is 5.14. The number of aryl methyl sites for hydroxylation is 1. The minimum absolute atomic E-state index is 0.516. The van der Waals surface area contributed by atoms with E-state index in [-0.39, 0.29) is 0 Å². The molecule has 4 nitrogen and oxygen atoms in total. The highest BCUT2D eigenvalue weighted by molar-refractivity contribution is 5.53. The molecule has 0 aliphatic rings. The van der Waals surface area contributed by atoms with E-state index in [4.69, 9.17) is 13.9 Å². The fourth-order valence-corrected chi connectivity index (χ4v) is 2.36. The highest BCUT2D eigenvalue weighted by Crippen LogP contribution is 2.26. The summed E-state index contributed by atoms with van der Waals surface area (Å²) in [6, 6.07) is 17.5. The first-order chi connectivity index (χ1) is 11.3. The summed E-state index contributed by atoms with van der Waals surface area (Å²) in [4.78, 5) is 4.58. The van der Waals surface area contributed by atoms with Crippen molar-refractivity contribution in [2.75, 3.05) is 13.7 Å². The van der Waals surface area contributed by atoms with Crippen LogP contribution in [0.15, 0.2) is 59.0 Å². The molecule has 0 amide bonds. The Balaban J connectivity index is 1.66. The zero-order valence-corrected chi connectivity index (χ0v) is 13.3. The van der Waals surface area contributed by atoms with E-state index in [0.29, 0.717) is 18.9 Å². The lowest BCUT2D eigenvalue weighted by atomic mass is 10.2. The van der Waals surface area contributed by atoms with Crippen molar-refractivity contribution in [2.45, 2.75) is 13.3 Å². The number of hydrogen-bond acceptors (Lipinski definition) is 4. The Morgan fingerprint density at radius 2 is 1.65 bits per heavy atom. The van der Waals surface area contributed by atoms with Crippen molar-refractivity contribution in [3.8, 4) is 23.0 Å². The molecule has 0 radical (unpaired) electrons. The van der Waals surface area contributed by atoms with Gasteiger partial charge in [0.05, 0.1) is 19.4 Å². The largest absolute Gasteiger partial charge is 0.493 e. The number of aromatic nitrogens is 1. The Bertz CT molecular complexity index is 765. The fourth-order valence-electron chi connectivity index (χ4n) is 2.36. The van der Waals surface area contributed by atoms with Crippen LogP contribution in [0.2, 0.25) is 0 Å². The van der Waals surface area contributed by atoms with Crippen molar-refractivity contribution < 1.29 is 13.9 Å². The highest BCUT2D eigenvalue weighted by Gasteiger charge is 2.11. The number of para-hydroxylation sites is 2. The Kier molecular flexibility index (Phi) is 4.62. The maximum Gasteiger partial charge on any atom is 0.226 e. The second kappa shape index (κ2) is 7.01. The monoisotopic (exact) mass is 309 g/mol. The van der Waals surface area contributed by atoms with Gasteiger partial charge in [-0.15, -0.1) is 0 Å². The molecule has 0 saturated carbocycles. The highest BCUT2D eigenvalue weighted by atomic mass is 16.5. The SMILES string of the molecule is COc1ccccc1OCCc1nc(-c2ccccc2)oc1C. The zero-order chi connectivity index (χ0) is 16.1. The van der Waals surface area contributed by atoms with Gasteiger partial charge in [-0.3, -0.25) is 0 Å². The van der Waals surface area contributed by atoms with E-state index in [9.17, 15) is 0 Å². The van der Waals surface area contributed by atoms with E-state index in [1.54, 1.807) is 7.11 Å². The Hall–Kier alpha value is -2.75. The van der Waals surface area contributed by atoms with Crippen LogP contribution in [0.1, 0.15) is 11.5 Å². The minimum atomic E-state index is 0.516. The molecule has 0 N–H and O–H groups in total. The molecule has 0 saturated heterocycles. The average Bonchev–Trinajstić information content (AvgIpc) is 2.97. The van der Waals surface area contributed by atoms with E-state index in [2.05, 4.69) is 4.98 Å². The van der Waals surface area contributed by atoms with Gasteiger partial charge in [-0.05, 0) is 31.2 Å². The van der Waals surface area contributed by atoms with Crippen LogP contribution in [-0.4, -0.2) is 18.7 Å². The summed E-state index contributed by atoms with van der Waals surface area (Å²) in [6.45, 7) is 2.44. The second-order valence-electron chi connectivity index (χ2n) is 5.14. The third kappa shape index (κ3) is 3.54. The third-order valence-electron chi connectivity index (χ3n) is 3.58. The third-order valence-corrected chi connectivity index (χ3v) is 3.58. The molecule has 0 spiro atoms. The molecular formula is C19H19NO3. The molecule has 0 fully saturated rings. The molecular weight excluding hydrogens is 290 g/mol. The fraction of sp³-hybridized carbons (Fsp3) is 0.211. The lowest BCUT2D eigenvalue weighted by molar-refractivity contribution is 0.296. The normalized spacial score (nSPS) is 10.5. The average molecular weight is 309 g/mol. The van der Waals surface area contributed by atoms with Gasteiger partial charge in [0.15, 0.2) is 11.5 Å². The number of ether oxygens (including phenoxy) is 2. The van der Waals surface area contributed by atoms with Crippen LogP contribution < -0.4 is 9.47 Å². The molecule has 0 aliphatic carbocycles. The first kappa shape index (κ1) is 15.2. The first-order valence-corrected chi connectivity index (χ1v) is 7.55. The molecule has 0 bridgehead atoms. The van der Waals surface area contributed by atoms with Gasteiger partial charge in [-0.2, -0.15) is 0 Å². The molecule has 23 heavy (non-hydrogen) atoms. The van der Waals surface area contributed by atoms with Gasteiger partial charge < -0.3 is 13.9 Å². The minimum Gasteiger partial charge on any atom is -0.493 e. The van der Waals surface area contributed by atoms with Crippen LogP contribution in [0.5, 0.6) is 11.5 Å². The van der Waals surface area contributed by atoms with Gasteiger partial charge in [-0.1, -0.05) is 30.3 Å². The summed E-state index contributed by atoms with van der Waals surface area (Å²) < 4.78 is 16.8. The summed E-state index contributed by atoms with van der Waals surface area (Å²) in [6.07, 6.45) is 0.681. The quantitative estimate of drug-likeness (QED) is 0.681. The number of benzene rings is 2. The number of nitrogens with zero attached hydrogens (tertiary/aromatic N) is 1. The zero-order valence-electron chi connectivity index (χ0n) is 13.3. The van der Waals surface area contributed by atoms with E-state index in [1.165, 1.54) is 0 Å². The molecule has 118 valence electrons. The molecule has 0 atom stereocenters. The summed E-state index contributed by atoms with van der Waals surface area (Å²) in [5.74, 6) is 2.94. The molecule has 3 aromatic rings. The van der Waals surface area contributed by atoms with E-state index >= 15 is 0 Å². The van der Waals surface area contributed by atoms with Gasteiger partial charge in [0, 0.05) is 12.0 Å². The van der Waals surface area contributed by atoms with Crippen molar-refractivity contribution >= 4 is 0 Å². The van der Waals surface area contributed by atoms with Crippen molar-refractivity contribution in [1.29, 1.82) is 0 Å². The van der Waals surface area contributed by atoms with Crippen molar-refractivity contribution in [3.63, 3.8) is 0 Å². The summed E-state index contributed by atoms with van der Waals surface area (Å²) >= 11 is 0. The molecule has 3 rings (SSSR count). The maximum atomic E-state index is 5.80. The van der Waals surface area contributed by atoms with E-state index in [0.717, 1.165) is 28.5 Å². The van der Waals surface area contributed by atoms with Crippen LogP contribution in [0.25, 0.3) is 11.5 Å². The van der Waals surface area contributed by atoms with Crippen LogP contribution in [0.3, 0.4) is 0 Å². The van der Waals surface area contributed by atoms with E-state index in [1.807, 2.05) is 61.5 Å².